The van der Waals surface area contributed by atoms with E-state index in [9.17, 15) is 0 Å². The second-order valence-corrected chi connectivity index (χ2v) is 4.74. The van der Waals surface area contributed by atoms with Crippen LogP contribution in [0.5, 0.6) is 0 Å². The van der Waals surface area contributed by atoms with Crippen LogP contribution in [0.4, 0.5) is 5.82 Å². The Balaban J connectivity index is 2.64. The van der Waals surface area contributed by atoms with Gasteiger partial charge in [0.2, 0.25) is 0 Å². The first-order valence-electron chi connectivity index (χ1n) is 5.52. The van der Waals surface area contributed by atoms with Gasteiger partial charge in [0.15, 0.2) is 5.82 Å². The molecule has 0 saturated heterocycles. The van der Waals surface area contributed by atoms with Crippen molar-refractivity contribution in [2.24, 2.45) is 0 Å². The van der Waals surface area contributed by atoms with E-state index in [0.29, 0.717) is 15.9 Å². The Morgan fingerprint density at radius 3 is 2.50 bits per heavy atom. The van der Waals surface area contributed by atoms with Crippen molar-refractivity contribution >= 4 is 29.0 Å². The minimum Gasteiger partial charge on any atom is -0.373 e. The maximum Gasteiger partial charge on any atom is 0.163 e. The molecule has 0 aliphatic heterocycles. The number of aromatic nitrogens is 2. The molecular weight excluding hydrogens is 269 g/mol. The molecule has 2 rings (SSSR count). The molecule has 0 amide bonds. The number of anilines is 1. The van der Waals surface area contributed by atoms with E-state index in [1.54, 1.807) is 6.07 Å². The van der Waals surface area contributed by atoms with Gasteiger partial charge in [0, 0.05) is 23.9 Å². The van der Waals surface area contributed by atoms with Crippen LogP contribution in [-0.4, -0.2) is 17.0 Å². The Morgan fingerprint density at radius 1 is 1.11 bits per heavy atom. The number of halogens is 2. The lowest BCUT2D eigenvalue weighted by Gasteiger charge is -2.11. The molecule has 0 radical (unpaired) electrons. The summed E-state index contributed by atoms with van der Waals surface area (Å²) in [5, 5.41) is 4.03. The van der Waals surface area contributed by atoms with Crippen LogP contribution in [0.25, 0.3) is 11.4 Å². The zero-order valence-electron chi connectivity index (χ0n) is 10.4. The van der Waals surface area contributed by atoms with E-state index < -0.39 is 0 Å². The second-order valence-electron chi connectivity index (χ2n) is 3.96. The quantitative estimate of drug-likeness (QED) is 0.900. The van der Waals surface area contributed by atoms with Gasteiger partial charge in [0.25, 0.3) is 0 Å². The number of hydrogen-bond donors (Lipinski definition) is 1. The lowest BCUT2D eigenvalue weighted by molar-refractivity contribution is 1.07. The maximum absolute atomic E-state index is 6.18. The topological polar surface area (TPSA) is 37.8 Å². The van der Waals surface area contributed by atoms with Crippen molar-refractivity contribution in [3.8, 4) is 11.4 Å². The second kappa shape index (κ2) is 5.12. The summed E-state index contributed by atoms with van der Waals surface area (Å²) in [5.41, 5.74) is 2.68. The van der Waals surface area contributed by atoms with Crippen LogP contribution in [0.2, 0.25) is 10.0 Å². The summed E-state index contributed by atoms with van der Waals surface area (Å²) >= 11 is 12.2. The molecule has 0 bridgehead atoms. The SMILES string of the molecule is CNc1nc(-c2cccc(Cl)c2Cl)nc(C)c1C. The maximum atomic E-state index is 6.18. The molecule has 0 fully saturated rings. The van der Waals surface area contributed by atoms with E-state index in [1.165, 1.54) is 0 Å². The normalized spacial score (nSPS) is 10.5. The number of hydrogen-bond acceptors (Lipinski definition) is 3. The Kier molecular flexibility index (Phi) is 3.73. The van der Waals surface area contributed by atoms with Crippen molar-refractivity contribution < 1.29 is 0 Å². The van der Waals surface area contributed by atoms with Crippen molar-refractivity contribution in [1.29, 1.82) is 0 Å². The number of benzene rings is 1. The average Bonchev–Trinajstić information content (AvgIpc) is 2.36. The molecule has 0 unspecified atom stereocenters. The minimum absolute atomic E-state index is 0.476. The minimum atomic E-state index is 0.476. The van der Waals surface area contributed by atoms with Crippen molar-refractivity contribution in [2.75, 3.05) is 12.4 Å². The van der Waals surface area contributed by atoms with Gasteiger partial charge >= 0.3 is 0 Å². The number of rotatable bonds is 2. The summed E-state index contributed by atoms with van der Waals surface area (Å²) in [6.07, 6.45) is 0. The zero-order chi connectivity index (χ0) is 13.3. The predicted molar refractivity (Wildman–Crippen MR) is 76.5 cm³/mol. The number of nitrogens with one attached hydrogen (secondary N) is 1. The molecule has 1 N–H and O–H groups in total. The lowest BCUT2D eigenvalue weighted by Crippen LogP contribution is -2.03. The summed E-state index contributed by atoms with van der Waals surface area (Å²) in [4.78, 5) is 8.92. The molecule has 0 saturated carbocycles. The van der Waals surface area contributed by atoms with E-state index in [2.05, 4.69) is 15.3 Å². The molecule has 1 heterocycles. The van der Waals surface area contributed by atoms with Gasteiger partial charge in [-0.05, 0) is 26.0 Å². The average molecular weight is 282 g/mol. The first-order chi connectivity index (χ1) is 8.54. The molecular formula is C13H13Cl2N3. The molecule has 1 aromatic carbocycles. The monoisotopic (exact) mass is 281 g/mol. The Morgan fingerprint density at radius 2 is 1.83 bits per heavy atom. The first kappa shape index (κ1) is 13.1. The molecule has 5 heteroatoms. The molecule has 18 heavy (non-hydrogen) atoms. The number of nitrogens with zero attached hydrogens (tertiary/aromatic N) is 2. The summed E-state index contributed by atoms with van der Waals surface area (Å²) < 4.78 is 0. The van der Waals surface area contributed by atoms with E-state index >= 15 is 0 Å². The van der Waals surface area contributed by atoms with Gasteiger partial charge in [-0.1, -0.05) is 29.3 Å². The van der Waals surface area contributed by atoms with Crippen LogP contribution < -0.4 is 5.32 Å². The third kappa shape index (κ3) is 2.28. The molecule has 0 aliphatic rings. The highest BCUT2D eigenvalue weighted by Gasteiger charge is 2.12. The first-order valence-corrected chi connectivity index (χ1v) is 6.27. The summed E-state index contributed by atoms with van der Waals surface area (Å²) in [5.74, 6) is 1.38. The number of aryl methyl sites for hydroxylation is 1. The summed E-state index contributed by atoms with van der Waals surface area (Å²) in [7, 11) is 1.83. The fourth-order valence-corrected chi connectivity index (χ4v) is 2.05. The van der Waals surface area contributed by atoms with Crippen molar-refractivity contribution in [3.05, 3.63) is 39.5 Å². The van der Waals surface area contributed by atoms with Gasteiger partial charge in [0.1, 0.15) is 5.82 Å². The van der Waals surface area contributed by atoms with E-state index in [4.69, 9.17) is 23.2 Å². The largest absolute Gasteiger partial charge is 0.373 e. The molecule has 0 aliphatic carbocycles. The van der Waals surface area contributed by atoms with Gasteiger partial charge in [-0.2, -0.15) is 0 Å². The van der Waals surface area contributed by atoms with Crippen LogP contribution in [0.1, 0.15) is 11.3 Å². The van der Waals surface area contributed by atoms with Crippen molar-refractivity contribution in [3.63, 3.8) is 0 Å². The van der Waals surface area contributed by atoms with Crippen LogP contribution in [-0.2, 0) is 0 Å². The highest BCUT2D eigenvalue weighted by atomic mass is 35.5. The van der Waals surface area contributed by atoms with Gasteiger partial charge in [-0.25, -0.2) is 9.97 Å². The van der Waals surface area contributed by atoms with Gasteiger partial charge in [0.05, 0.1) is 10.0 Å². The third-order valence-corrected chi connectivity index (χ3v) is 3.64. The van der Waals surface area contributed by atoms with Crippen molar-refractivity contribution in [1.82, 2.24) is 9.97 Å². The highest BCUT2D eigenvalue weighted by molar-refractivity contribution is 6.43. The van der Waals surface area contributed by atoms with Gasteiger partial charge in [-0.15, -0.1) is 0 Å². The van der Waals surface area contributed by atoms with E-state index in [0.717, 1.165) is 22.6 Å². The summed E-state index contributed by atoms with van der Waals surface area (Å²) in [6.45, 7) is 3.92. The standard InChI is InChI=1S/C13H13Cl2N3/c1-7-8(2)17-13(18-12(7)16-3)9-5-4-6-10(14)11(9)15/h4-6H,1-3H3,(H,16,17,18). The predicted octanol–water partition coefficient (Wildman–Crippen LogP) is 4.11. The smallest absolute Gasteiger partial charge is 0.163 e. The molecule has 94 valence electrons. The molecule has 2 aromatic rings. The molecule has 1 aromatic heterocycles. The molecule has 0 spiro atoms. The van der Waals surface area contributed by atoms with Crippen LogP contribution in [0.15, 0.2) is 18.2 Å². The van der Waals surface area contributed by atoms with Crippen LogP contribution in [0.3, 0.4) is 0 Å². The van der Waals surface area contributed by atoms with E-state index in [-0.39, 0.29) is 0 Å². The third-order valence-electron chi connectivity index (χ3n) is 2.82. The fraction of sp³-hybridized carbons (Fsp3) is 0.231. The Bertz CT molecular complexity index is 597. The van der Waals surface area contributed by atoms with E-state index in [1.807, 2.05) is 33.0 Å². The highest BCUT2D eigenvalue weighted by Crippen LogP contribution is 2.32. The molecule has 0 atom stereocenters. The fourth-order valence-electron chi connectivity index (χ4n) is 1.67. The van der Waals surface area contributed by atoms with Gasteiger partial charge in [-0.3, -0.25) is 0 Å². The van der Waals surface area contributed by atoms with Crippen molar-refractivity contribution in [2.45, 2.75) is 13.8 Å². The Labute approximate surface area is 116 Å². The summed E-state index contributed by atoms with van der Waals surface area (Å²) in [6, 6.07) is 5.44. The van der Waals surface area contributed by atoms with Gasteiger partial charge < -0.3 is 5.32 Å². The zero-order valence-corrected chi connectivity index (χ0v) is 11.9. The lowest BCUT2D eigenvalue weighted by atomic mass is 10.2. The Hall–Kier alpha value is -1.32. The van der Waals surface area contributed by atoms with Crippen LogP contribution >= 0.6 is 23.2 Å². The molecule has 3 nitrogen and oxygen atoms in total. The van der Waals surface area contributed by atoms with Crippen LogP contribution in [0, 0.1) is 13.8 Å².